The van der Waals surface area contributed by atoms with Crippen LogP contribution in [0.1, 0.15) is 22.1 Å². The zero-order valence-corrected chi connectivity index (χ0v) is 25.1. The number of rotatable bonds is 3. The maximum absolute atomic E-state index is 6.62. The van der Waals surface area contributed by atoms with E-state index in [-0.39, 0.29) is 5.92 Å². The molecule has 10 rings (SSSR count). The van der Waals surface area contributed by atoms with Crippen LogP contribution < -0.4 is 0 Å². The Labute approximate surface area is 261 Å². The van der Waals surface area contributed by atoms with Crippen LogP contribution in [0.4, 0.5) is 0 Å². The first-order valence-corrected chi connectivity index (χ1v) is 16.6. The third-order valence-corrected chi connectivity index (χ3v) is 11.1. The third-order valence-electron chi connectivity index (χ3n) is 9.21. The summed E-state index contributed by atoms with van der Waals surface area (Å²) >= 11 is 3.55. The molecule has 2 nitrogen and oxygen atoms in total. The maximum atomic E-state index is 6.62. The van der Waals surface area contributed by atoms with E-state index in [1.165, 1.54) is 31.8 Å². The highest BCUT2D eigenvalue weighted by Crippen LogP contribution is 2.46. The first-order valence-electron chi connectivity index (χ1n) is 14.9. The predicted octanol–water partition coefficient (Wildman–Crippen LogP) is 12.3. The molecule has 2 aliphatic carbocycles. The van der Waals surface area contributed by atoms with Crippen molar-refractivity contribution >= 4 is 78.0 Å². The fraction of sp³-hybridized carbons (Fsp3) is 0.0500. The van der Waals surface area contributed by atoms with Crippen LogP contribution in [0.3, 0.4) is 0 Å². The topological polar surface area (TPSA) is 26.3 Å². The van der Waals surface area contributed by atoms with E-state index in [0.717, 1.165) is 55.2 Å². The highest BCUT2D eigenvalue weighted by molar-refractivity contribution is 7.13. The lowest BCUT2D eigenvalue weighted by Gasteiger charge is -2.25. The summed E-state index contributed by atoms with van der Waals surface area (Å²) in [5, 5.41) is 10.0. The van der Waals surface area contributed by atoms with E-state index >= 15 is 0 Å². The van der Waals surface area contributed by atoms with Crippen molar-refractivity contribution < 1.29 is 8.83 Å². The number of furan rings is 2. The Bertz CT molecular complexity index is 2500. The van der Waals surface area contributed by atoms with Crippen molar-refractivity contribution in [2.45, 2.75) is 5.92 Å². The summed E-state index contributed by atoms with van der Waals surface area (Å²) in [5.41, 5.74) is 8.75. The quantitative estimate of drug-likeness (QED) is 0.202. The van der Waals surface area contributed by atoms with Gasteiger partial charge < -0.3 is 8.83 Å². The van der Waals surface area contributed by atoms with Crippen molar-refractivity contribution in [3.8, 4) is 21.6 Å². The monoisotopic (exact) mass is 600 g/mol. The van der Waals surface area contributed by atoms with E-state index < -0.39 is 0 Å². The highest BCUT2D eigenvalue weighted by Gasteiger charge is 2.30. The van der Waals surface area contributed by atoms with Crippen LogP contribution in [0.2, 0.25) is 0 Å². The Kier molecular flexibility index (Phi) is 5.18. The molecule has 4 aromatic heterocycles. The van der Waals surface area contributed by atoms with Gasteiger partial charge in [0.05, 0.1) is 0 Å². The van der Waals surface area contributed by atoms with E-state index in [9.17, 15) is 0 Å². The van der Waals surface area contributed by atoms with Gasteiger partial charge in [-0.15, -0.1) is 22.7 Å². The molecule has 2 unspecified atom stereocenters. The lowest BCUT2D eigenvalue weighted by atomic mass is 9.79. The summed E-state index contributed by atoms with van der Waals surface area (Å²) in [4.78, 5) is 2.59. The summed E-state index contributed by atoms with van der Waals surface area (Å²) in [7, 11) is 0. The van der Waals surface area contributed by atoms with E-state index in [1.54, 1.807) is 22.7 Å². The second-order valence-corrected chi connectivity index (χ2v) is 13.6. The van der Waals surface area contributed by atoms with Gasteiger partial charge in [-0.05, 0) is 93.0 Å². The summed E-state index contributed by atoms with van der Waals surface area (Å²) in [5.74, 6) is 1.58. The SMILES string of the molecule is C1=CC2c3oc4cc(-c5ccc6c(c5)oc5c7ccc(-c8cccs8)cc7ccc65)ccc4c3C=CC2C=C1c1cccs1. The van der Waals surface area contributed by atoms with E-state index in [2.05, 4.69) is 132 Å². The fourth-order valence-corrected chi connectivity index (χ4v) is 8.48. The Balaban J connectivity index is 1.02. The van der Waals surface area contributed by atoms with Gasteiger partial charge in [0.15, 0.2) is 0 Å². The summed E-state index contributed by atoms with van der Waals surface area (Å²) < 4.78 is 13.2. The zero-order valence-electron chi connectivity index (χ0n) is 23.5. The molecule has 0 saturated carbocycles. The van der Waals surface area contributed by atoms with Gasteiger partial charge in [-0.2, -0.15) is 0 Å². The van der Waals surface area contributed by atoms with Gasteiger partial charge in [0.25, 0.3) is 0 Å². The number of hydrogen-bond acceptors (Lipinski definition) is 4. The van der Waals surface area contributed by atoms with Crippen molar-refractivity contribution in [1.82, 2.24) is 0 Å². The molecule has 8 aromatic rings. The van der Waals surface area contributed by atoms with Crippen molar-refractivity contribution in [1.29, 1.82) is 0 Å². The van der Waals surface area contributed by atoms with Gasteiger partial charge in [-0.25, -0.2) is 0 Å². The van der Waals surface area contributed by atoms with Crippen molar-refractivity contribution in [3.63, 3.8) is 0 Å². The van der Waals surface area contributed by atoms with E-state index in [4.69, 9.17) is 8.83 Å². The number of benzene rings is 4. The first kappa shape index (κ1) is 24.5. The smallest absolute Gasteiger partial charge is 0.143 e. The van der Waals surface area contributed by atoms with Gasteiger partial charge in [-0.3, -0.25) is 0 Å². The van der Waals surface area contributed by atoms with Crippen molar-refractivity contribution in [2.24, 2.45) is 5.92 Å². The number of hydrogen-bond donors (Lipinski definition) is 0. The predicted molar refractivity (Wildman–Crippen MR) is 186 cm³/mol. The summed E-state index contributed by atoms with van der Waals surface area (Å²) in [6, 6.07) is 32.8. The van der Waals surface area contributed by atoms with Gasteiger partial charge in [-0.1, -0.05) is 66.8 Å². The second-order valence-electron chi connectivity index (χ2n) is 11.7. The molecule has 0 saturated heterocycles. The first-order chi connectivity index (χ1) is 21.8. The van der Waals surface area contributed by atoms with Crippen molar-refractivity contribution in [3.05, 3.63) is 142 Å². The minimum Gasteiger partial charge on any atom is -0.460 e. The second kappa shape index (κ2) is 9.30. The van der Waals surface area contributed by atoms with Gasteiger partial charge in [0, 0.05) is 48.7 Å². The lowest BCUT2D eigenvalue weighted by molar-refractivity contribution is 0.493. The average Bonchev–Trinajstić information content (AvgIpc) is 3.89. The van der Waals surface area contributed by atoms with Crippen LogP contribution in [0, 0.1) is 5.92 Å². The normalized spacial score (nSPS) is 17.5. The molecule has 2 atom stereocenters. The lowest BCUT2D eigenvalue weighted by Crippen LogP contribution is -2.13. The molecule has 4 heterocycles. The molecule has 0 amide bonds. The summed E-state index contributed by atoms with van der Waals surface area (Å²) in [6.07, 6.45) is 11.5. The Hall–Kier alpha value is -4.90. The Morgan fingerprint density at radius 2 is 1.30 bits per heavy atom. The molecule has 4 heteroatoms. The standard InChI is InChI=1S/C40H24O2S2/c1-3-37(43-17-1)27-9-11-29-25(19-27)7-15-33-31-13-5-23(21-35(31)41-39(29)33)24-6-14-32-34-16-8-26-20-28(38-4-2-18-44-38)10-12-30(26)40(34)42-36(32)22-24/h1-22,25,29H. The summed E-state index contributed by atoms with van der Waals surface area (Å²) in [6.45, 7) is 0. The molecule has 0 bridgehead atoms. The minimum atomic E-state index is 0.220. The minimum absolute atomic E-state index is 0.220. The molecule has 2 aliphatic rings. The zero-order chi connectivity index (χ0) is 28.8. The third kappa shape index (κ3) is 3.65. The molecule has 0 radical (unpaired) electrons. The fourth-order valence-electron chi connectivity index (χ4n) is 7.03. The maximum Gasteiger partial charge on any atom is 0.143 e. The molecule has 0 spiro atoms. The molecule has 44 heavy (non-hydrogen) atoms. The molecule has 0 N–H and O–H groups in total. The Morgan fingerprint density at radius 3 is 2.11 bits per heavy atom. The van der Waals surface area contributed by atoms with E-state index in [0.29, 0.717) is 5.92 Å². The largest absolute Gasteiger partial charge is 0.460 e. The molecule has 0 aliphatic heterocycles. The van der Waals surface area contributed by atoms with Crippen LogP contribution in [-0.4, -0.2) is 0 Å². The van der Waals surface area contributed by atoms with Crippen molar-refractivity contribution in [2.75, 3.05) is 0 Å². The number of fused-ring (bicyclic) bond motifs is 10. The van der Waals surface area contributed by atoms with Crippen LogP contribution in [0.15, 0.2) is 135 Å². The molecule has 4 aromatic carbocycles. The van der Waals surface area contributed by atoms with Gasteiger partial charge in [0.1, 0.15) is 22.5 Å². The molecular weight excluding hydrogens is 577 g/mol. The molecular formula is C40H24O2S2. The molecule has 208 valence electrons. The number of allylic oxidation sites excluding steroid dienone is 5. The van der Waals surface area contributed by atoms with E-state index in [1.807, 2.05) is 0 Å². The highest BCUT2D eigenvalue weighted by atomic mass is 32.1. The Morgan fingerprint density at radius 1 is 0.568 bits per heavy atom. The van der Waals surface area contributed by atoms with Crippen LogP contribution in [0.5, 0.6) is 0 Å². The van der Waals surface area contributed by atoms with Gasteiger partial charge >= 0.3 is 0 Å². The van der Waals surface area contributed by atoms with Crippen LogP contribution >= 0.6 is 22.7 Å². The van der Waals surface area contributed by atoms with Crippen LogP contribution in [0.25, 0.3) is 76.9 Å². The van der Waals surface area contributed by atoms with Crippen LogP contribution in [-0.2, 0) is 0 Å². The average molecular weight is 601 g/mol. The van der Waals surface area contributed by atoms with Gasteiger partial charge in [0.2, 0.25) is 0 Å². The number of thiophene rings is 2. The molecule has 0 fully saturated rings.